The fourth-order valence-electron chi connectivity index (χ4n) is 14.1. The number of rotatable bonds is 35. The predicted octanol–water partition coefficient (Wildman–Crippen LogP) is 18.9. The molecule has 21 N–H and O–H groups in total. The molecular weight excluding hydrogens is 2000 g/mol. The number of hydrogen-bond acceptors (Lipinski definition) is 21. The molecule has 35 heteroatoms. The van der Waals surface area contributed by atoms with Gasteiger partial charge in [0.2, 0.25) is 41.4 Å². The van der Waals surface area contributed by atoms with Gasteiger partial charge in [0.1, 0.15) is 45.8 Å². The van der Waals surface area contributed by atoms with Gasteiger partial charge in [-0.25, -0.2) is 0 Å². The van der Waals surface area contributed by atoms with Gasteiger partial charge in [-0.05, 0) is 127 Å². The number of nitrogens with one attached hydrogen (secondary N) is 7. The number of carbonyl (C=O) groups excluding carboxylic acids is 7. The number of carbonyl (C=O) groups is 7. The summed E-state index contributed by atoms with van der Waals surface area (Å²) in [5.74, 6) is -3.33. The van der Waals surface area contributed by atoms with E-state index in [9.17, 15) is 33.6 Å². The number of halogens is 7. The Balaban J connectivity index is 0.000000209. The molecule has 0 heterocycles. The molecule has 14 aromatic carbocycles. The Morgan fingerprint density at radius 1 is 0.177 bits per heavy atom. The first kappa shape index (κ1) is 116. The van der Waals surface area contributed by atoms with Gasteiger partial charge in [-0.3, -0.25) is 68.5 Å². The highest BCUT2D eigenvalue weighted by molar-refractivity contribution is 6.35. The Labute approximate surface area is 889 Å². The third-order valence-electron chi connectivity index (χ3n) is 20.6. The second kappa shape index (κ2) is 61.6. The summed E-state index contributed by atoms with van der Waals surface area (Å²) in [6.45, 7) is -0.487. The number of benzene rings is 14. The van der Waals surface area contributed by atoms with Crippen molar-refractivity contribution in [3.8, 4) is 0 Å². The molecule has 7 amide bonds. The summed E-state index contributed by atoms with van der Waals surface area (Å²) in [4.78, 5) is 108. The third-order valence-corrected chi connectivity index (χ3v) is 22.3. The zero-order valence-corrected chi connectivity index (χ0v) is 86.7. The van der Waals surface area contributed by atoms with Gasteiger partial charge >= 0.3 is 0 Å². The SMILES string of the molecule is CNc1ccc(Cl)cc1C(=NCC(N)=O)c1ccccc1.CNc1ccc(Cl)cc1C(=NCC(N)=O)c1ccccc1.CNc1ccc(Cl)cc1C(=NCC(N)=O)c1ccccc1.CNc1ccc(Cl)cc1C(=NCC(N)=O)c1ccccc1.CNc1ccc(Cl)cc1C(=NCC(N)=O)c1ccccc1.CNc1ccc(Cl)cc1C(=NCC(N)=O)c1ccccc1.CNc1ccc(Cl)cc1C(=NCC(N)=O)c1ccccc1. The second-order valence-electron chi connectivity index (χ2n) is 31.1. The van der Waals surface area contributed by atoms with Crippen molar-refractivity contribution in [2.45, 2.75) is 0 Å². The quantitative estimate of drug-likeness (QED) is 0.0164. The van der Waals surface area contributed by atoms with Crippen LogP contribution in [0.3, 0.4) is 0 Å². The fourth-order valence-corrected chi connectivity index (χ4v) is 15.3. The summed E-state index contributed by atoms with van der Waals surface area (Å²) >= 11 is 42.7. The van der Waals surface area contributed by atoms with Crippen LogP contribution in [0.1, 0.15) is 77.9 Å². The van der Waals surface area contributed by atoms with E-state index in [0.29, 0.717) is 75.1 Å². The first-order valence-corrected chi connectivity index (χ1v) is 48.0. The molecule has 147 heavy (non-hydrogen) atoms. The molecule has 0 radical (unpaired) electrons. The van der Waals surface area contributed by atoms with Crippen molar-refractivity contribution in [1.82, 2.24) is 0 Å². The number of nitrogens with two attached hydrogens (primary N) is 7. The fraction of sp³-hybridized carbons (Fsp3) is 0.125. The minimum Gasteiger partial charge on any atom is -0.388 e. The first-order valence-electron chi connectivity index (χ1n) is 45.3. The Kier molecular flexibility index (Phi) is 48.6. The topological polar surface area (TPSA) is 472 Å². The molecule has 0 unspecified atom stereocenters. The van der Waals surface area contributed by atoms with Crippen LogP contribution in [-0.4, -0.2) is 176 Å². The lowest BCUT2D eigenvalue weighted by molar-refractivity contribution is -0.117. The van der Waals surface area contributed by atoms with Gasteiger partial charge in [0.15, 0.2) is 0 Å². The second-order valence-corrected chi connectivity index (χ2v) is 34.1. The van der Waals surface area contributed by atoms with Crippen molar-refractivity contribution in [3.05, 3.63) is 453 Å². The number of amides is 7. The van der Waals surface area contributed by atoms with Gasteiger partial charge in [0.25, 0.3) is 0 Å². The number of hydrogen-bond donors (Lipinski definition) is 14. The Hall–Kier alpha value is -16.3. The summed E-state index contributed by atoms with van der Waals surface area (Å²) in [6, 6.07) is 106. The van der Waals surface area contributed by atoms with E-state index in [1.807, 2.05) is 347 Å². The van der Waals surface area contributed by atoms with Crippen LogP contribution in [0.15, 0.2) is 375 Å². The number of nitrogens with zero attached hydrogens (tertiary/aromatic N) is 7. The minimum atomic E-state index is -0.475. The monoisotopic (exact) mass is 2110 g/mol. The van der Waals surface area contributed by atoms with Crippen LogP contribution < -0.4 is 77.4 Å². The van der Waals surface area contributed by atoms with E-state index in [1.54, 1.807) is 42.5 Å². The molecule has 0 fully saturated rings. The average molecular weight is 2110 g/mol. The Morgan fingerprint density at radius 3 is 0.367 bits per heavy atom. The summed E-state index contributed by atoms with van der Waals surface area (Å²) < 4.78 is 0. The molecule has 756 valence electrons. The number of aliphatic imine (C=N–C) groups is 7. The highest BCUT2D eigenvalue weighted by atomic mass is 35.5. The van der Waals surface area contributed by atoms with Crippen LogP contribution in [0.4, 0.5) is 39.8 Å². The molecule has 0 saturated heterocycles. The Morgan fingerprint density at radius 2 is 0.279 bits per heavy atom. The van der Waals surface area contributed by atoms with Crippen LogP contribution in [0.25, 0.3) is 0 Å². The standard InChI is InChI=1S/7C16H16ClN3O/c7*1-19-14-8-7-12(17)9-13(14)16(20-10-15(18)21)11-5-3-2-4-6-11/h7*2-9,19H,10H2,1H3,(H2,18,21). The van der Waals surface area contributed by atoms with E-state index < -0.39 is 41.4 Å². The van der Waals surface area contributed by atoms with Crippen LogP contribution in [0, 0.1) is 0 Å². The Bertz CT molecular complexity index is 5850. The van der Waals surface area contributed by atoms with E-state index >= 15 is 0 Å². The summed E-state index contributed by atoms with van der Waals surface area (Å²) in [5, 5.41) is 26.0. The average Bonchev–Trinajstić information content (AvgIpc) is 0.847. The lowest BCUT2D eigenvalue weighted by Crippen LogP contribution is -2.17. The highest BCUT2D eigenvalue weighted by Crippen LogP contribution is 2.33. The molecule has 0 aliphatic carbocycles. The molecule has 0 saturated carbocycles. The van der Waals surface area contributed by atoms with E-state index in [4.69, 9.17) is 121 Å². The highest BCUT2D eigenvalue weighted by Gasteiger charge is 2.21. The zero-order chi connectivity index (χ0) is 107. The third kappa shape index (κ3) is 38.1. The van der Waals surface area contributed by atoms with E-state index in [-0.39, 0.29) is 45.8 Å². The predicted molar refractivity (Wildman–Crippen MR) is 610 cm³/mol. The lowest BCUT2D eigenvalue weighted by atomic mass is 10.0. The van der Waals surface area contributed by atoms with Gasteiger partial charge in [-0.2, -0.15) is 0 Å². The van der Waals surface area contributed by atoms with Crippen molar-refractivity contribution < 1.29 is 33.6 Å². The molecule has 0 aromatic heterocycles. The maximum atomic E-state index is 11.1. The maximum absolute atomic E-state index is 11.1. The van der Waals surface area contributed by atoms with Gasteiger partial charge in [0.05, 0.1) is 40.0 Å². The van der Waals surface area contributed by atoms with Crippen LogP contribution >= 0.6 is 81.2 Å². The normalized spacial score (nSPS) is 11.2. The van der Waals surface area contributed by atoms with Gasteiger partial charge in [-0.1, -0.05) is 294 Å². The van der Waals surface area contributed by atoms with Crippen LogP contribution in [0.5, 0.6) is 0 Å². The van der Waals surface area contributed by atoms with Gasteiger partial charge in [-0.15, -0.1) is 0 Å². The molecule has 0 spiro atoms. The zero-order valence-electron chi connectivity index (χ0n) is 81.5. The number of anilines is 7. The van der Waals surface area contributed by atoms with Crippen molar-refractivity contribution >= 4 is 202 Å². The molecule has 0 aliphatic rings. The van der Waals surface area contributed by atoms with Crippen LogP contribution in [-0.2, 0) is 33.6 Å². The molecule has 0 atom stereocenters. The lowest BCUT2D eigenvalue weighted by Gasteiger charge is -2.13. The van der Waals surface area contributed by atoms with Crippen molar-refractivity contribution in [2.75, 3.05) is 132 Å². The maximum Gasteiger partial charge on any atom is 0.239 e. The van der Waals surface area contributed by atoms with Crippen molar-refractivity contribution in [1.29, 1.82) is 0 Å². The number of primary amides is 7. The van der Waals surface area contributed by atoms with Crippen LogP contribution in [0.2, 0.25) is 35.2 Å². The first-order chi connectivity index (χ1) is 70.8. The summed E-state index contributed by atoms with van der Waals surface area (Å²) in [6.07, 6.45) is 0. The molecular formula is C112H112Cl7N21O7. The molecule has 0 bridgehead atoms. The van der Waals surface area contributed by atoms with E-state index in [2.05, 4.69) is 72.2 Å². The van der Waals surface area contributed by atoms with Crippen molar-refractivity contribution in [3.63, 3.8) is 0 Å². The summed E-state index contributed by atoms with van der Waals surface area (Å²) in [5.41, 5.74) is 59.5. The molecule has 14 aromatic rings. The van der Waals surface area contributed by atoms with Crippen molar-refractivity contribution in [2.24, 2.45) is 75.1 Å². The van der Waals surface area contributed by atoms with E-state index in [0.717, 1.165) is 118 Å². The smallest absolute Gasteiger partial charge is 0.239 e. The minimum absolute atomic E-state index is 0.0695. The molecule has 28 nitrogen and oxygen atoms in total. The molecule has 14 rings (SSSR count). The summed E-state index contributed by atoms with van der Waals surface area (Å²) in [7, 11) is 12.8. The van der Waals surface area contributed by atoms with E-state index in [1.165, 1.54) is 0 Å². The van der Waals surface area contributed by atoms with Gasteiger partial charge in [0, 0.05) is 202 Å². The largest absolute Gasteiger partial charge is 0.388 e. The van der Waals surface area contributed by atoms with Gasteiger partial charge < -0.3 is 77.4 Å². The molecule has 0 aliphatic heterocycles.